The van der Waals surface area contributed by atoms with Gasteiger partial charge in [0.05, 0.1) is 7.11 Å². The lowest BCUT2D eigenvalue weighted by molar-refractivity contribution is -0.138. The van der Waals surface area contributed by atoms with E-state index in [4.69, 9.17) is 20.3 Å². The molecule has 0 aliphatic carbocycles. The fourth-order valence-corrected chi connectivity index (χ4v) is 2.04. The number of benzene rings is 2. The van der Waals surface area contributed by atoms with Crippen LogP contribution in [-0.2, 0) is 17.8 Å². The van der Waals surface area contributed by atoms with Crippen molar-refractivity contribution in [1.29, 1.82) is 0 Å². The van der Waals surface area contributed by atoms with Crippen molar-refractivity contribution in [3.8, 4) is 11.5 Å². The first kappa shape index (κ1) is 15.9. The molecule has 0 amide bonds. The predicted molar refractivity (Wildman–Crippen MR) is 83.1 cm³/mol. The van der Waals surface area contributed by atoms with Crippen molar-refractivity contribution < 1.29 is 19.4 Å². The molecule has 0 spiro atoms. The lowest BCUT2D eigenvalue weighted by Crippen LogP contribution is -2.32. The summed E-state index contributed by atoms with van der Waals surface area (Å²) in [5.41, 5.74) is 7.39. The summed E-state index contributed by atoms with van der Waals surface area (Å²) in [5, 5.41) is 8.88. The number of rotatable bonds is 7. The SMILES string of the molecule is COc1ccc(CC(N)C(=O)O)cc1OCc1ccccc1. The molecule has 2 aromatic carbocycles. The number of carboxylic acids is 1. The molecule has 2 aromatic rings. The molecule has 2 rings (SSSR count). The highest BCUT2D eigenvalue weighted by atomic mass is 16.5. The van der Waals surface area contributed by atoms with E-state index < -0.39 is 12.0 Å². The monoisotopic (exact) mass is 301 g/mol. The van der Waals surface area contributed by atoms with Crippen LogP contribution in [0.2, 0.25) is 0 Å². The smallest absolute Gasteiger partial charge is 0.320 e. The lowest BCUT2D eigenvalue weighted by Gasteiger charge is -2.13. The van der Waals surface area contributed by atoms with E-state index in [0.29, 0.717) is 18.1 Å². The molecule has 0 saturated carbocycles. The Morgan fingerprint density at radius 1 is 1.14 bits per heavy atom. The van der Waals surface area contributed by atoms with E-state index in [1.54, 1.807) is 25.3 Å². The van der Waals surface area contributed by atoms with Gasteiger partial charge in [-0.3, -0.25) is 4.79 Å². The third-order valence-electron chi connectivity index (χ3n) is 3.24. The zero-order valence-electron chi connectivity index (χ0n) is 12.4. The number of nitrogens with two attached hydrogens (primary N) is 1. The highest BCUT2D eigenvalue weighted by Crippen LogP contribution is 2.29. The molecule has 0 aromatic heterocycles. The van der Waals surface area contributed by atoms with Crippen LogP contribution in [0.3, 0.4) is 0 Å². The molecule has 0 fully saturated rings. The Bertz CT molecular complexity index is 628. The topological polar surface area (TPSA) is 81.8 Å². The van der Waals surface area contributed by atoms with E-state index in [2.05, 4.69) is 0 Å². The van der Waals surface area contributed by atoms with E-state index >= 15 is 0 Å². The summed E-state index contributed by atoms with van der Waals surface area (Å²) in [6.45, 7) is 0.408. The molecule has 0 aliphatic rings. The number of hydrogen-bond donors (Lipinski definition) is 2. The fourth-order valence-electron chi connectivity index (χ4n) is 2.04. The van der Waals surface area contributed by atoms with E-state index in [9.17, 15) is 4.79 Å². The Kier molecular flexibility index (Phi) is 5.38. The molecular weight excluding hydrogens is 282 g/mol. The Morgan fingerprint density at radius 2 is 1.86 bits per heavy atom. The normalized spacial score (nSPS) is 11.7. The Balaban J connectivity index is 2.12. The molecule has 1 unspecified atom stereocenters. The zero-order chi connectivity index (χ0) is 15.9. The van der Waals surface area contributed by atoms with Crippen molar-refractivity contribution in [3.05, 3.63) is 59.7 Å². The minimum atomic E-state index is -1.03. The molecule has 22 heavy (non-hydrogen) atoms. The van der Waals surface area contributed by atoms with Crippen molar-refractivity contribution in [1.82, 2.24) is 0 Å². The van der Waals surface area contributed by atoms with Crippen molar-refractivity contribution in [2.45, 2.75) is 19.1 Å². The van der Waals surface area contributed by atoms with Gasteiger partial charge in [-0.2, -0.15) is 0 Å². The first-order valence-electron chi connectivity index (χ1n) is 6.92. The van der Waals surface area contributed by atoms with E-state index in [1.165, 1.54) is 0 Å². The average Bonchev–Trinajstić information content (AvgIpc) is 2.54. The van der Waals surface area contributed by atoms with Gasteiger partial charge in [-0.1, -0.05) is 36.4 Å². The summed E-state index contributed by atoms with van der Waals surface area (Å²) in [7, 11) is 1.56. The summed E-state index contributed by atoms with van der Waals surface area (Å²) >= 11 is 0. The minimum absolute atomic E-state index is 0.237. The van der Waals surface area contributed by atoms with Crippen molar-refractivity contribution >= 4 is 5.97 Å². The Labute approximate surface area is 129 Å². The zero-order valence-corrected chi connectivity index (χ0v) is 12.4. The largest absolute Gasteiger partial charge is 0.493 e. The number of aliphatic carboxylic acids is 1. The van der Waals surface area contributed by atoms with Crippen LogP contribution in [0.4, 0.5) is 0 Å². The Morgan fingerprint density at radius 3 is 2.50 bits per heavy atom. The highest BCUT2D eigenvalue weighted by Gasteiger charge is 2.14. The maximum absolute atomic E-state index is 10.8. The second-order valence-electron chi connectivity index (χ2n) is 4.91. The standard InChI is InChI=1S/C17H19NO4/c1-21-15-8-7-13(9-14(18)17(19)20)10-16(15)22-11-12-5-3-2-4-6-12/h2-8,10,14H,9,11,18H2,1H3,(H,19,20). The van der Waals surface area contributed by atoms with Gasteiger partial charge in [0.25, 0.3) is 0 Å². The lowest BCUT2D eigenvalue weighted by atomic mass is 10.1. The van der Waals surface area contributed by atoms with Gasteiger partial charge in [0.15, 0.2) is 11.5 Å². The van der Waals surface area contributed by atoms with Crippen LogP contribution in [-0.4, -0.2) is 24.2 Å². The third-order valence-corrected chi connectivity index (χ3v) is 3.24. The maximum atomic E-state index is 10.8. The van der Waals surface area contributed by atoms with Crippen LogP contribution in [0, 0.1) is 0 Å². The summed E-state index contributed by atoms with van der Waals surface area (Å²) < 4.78 is 11.1. The predicted octanol–water partition coefficient (Wildman–Crippen LogP) is 2.23. The van der Waals surface area contributed by atoms with E-state index in [1.807, 2.05) is 30.3 Å². The molecular formula is C17H19NO4. The fraction of sp³-hybridized carbons (Fsp3) is 0.235. The molecule has 0 bridgehead atoms. The second kappa shape index (κ2) is 7.47. The Hall–Kier alpha value is -2.53. The van der Waals surface area contributed by atoms with Gasteiger partial charge in [0.2, 0.25) is 0 Å². The van der Waals surface area contributed by atoms with Crippen LogP contribution in [0.15, 0.2) is 48.5 Å². The van der Waals surface area contributed by atoms with Crippen molar-refractivity contribution in [3.63, 3.8) is 0 Å². The quantitative estimate of drug-likeness (QED) is 0.819. The summed E-state index contributed by atoms with van der Waals surface area (Å²) in [6.07, 6.45) is 0.237. The van der Waals surface area contributed by atoms with Crippen LogP contribution in [0.5, 0.6) is 11.5 Å². The van der Waals surface area contributed by atoms with Gasteiger partial charge in [-0.05, 0) is 29.7 Å². The second-order valence-corrected chi connectivity index (χ2v) is 4.91. The highest BCUT2D eigenvalue weighted by molar-refractivity contribution is 5.73. The molecule has 1 atom stereocenters. The molecule has 0 heterocycles. The van der Waals surface area contributed by atoms with E-state index in [0.717, 1.165) is 11.1 Å². The number of methoxy groups -OCH3 is 1. The van der Waals surface area contributed by atoms with Crippen molar-refractivity contribution in [2.24, 2.45) is 5.73 Å². The third kappa shape index (κ3) is 4.23. The average molecular weight is 301 g/mol. The number of carbonyl (C=O) groups is 1. The van der Waals surface area contributed by atoms with Crippen LogP contribution >= 0.6 is 0 Å². The molecule has 116 valence electrons. The summed E-state index contributed by atoms with van der Waals surface area (Å²) in [5.74, 6) is 0.146. The van der Waals surface area contributed by atoms with Gasteiger partial charge >= 0.3 is 5.97 Å². The molecule has 0 radical (unpaired) electrons. The van der Waals surface area contributed by atoms with Crippen molar-refractivity contribution in [2.75, 3.05) is 7.11 Å². The molecule has 3 N–H and O–H groups in total. The van der Waals surface area contributed by atoms with E-state index in [-0.39, 0.29) is 6.42 Å². The first-order valence-corrected chi connectivity index (χ1v) is 6.92. The molecule has 0 saturated heterocycles. The van der Waals surface area contributed by atoms with Crippen LogP contribution in [0.25, 0.3) is 0 Å². The van der Waals surface area contributed by atoms with Gasteiger partial charge < -0.3 is 20.3 Å². The van der Waals surface area contributed by atoms with Gasteiger partial charge in [-0.15, -0.1) is 0 Å². The minimum Gasteiger partial charge on any atom is -0.493 e. The maximum Gasteiger partial charge on any atom is 0.320 e. The summed E-state index contributed by atoms with van der Waals surface area (Å²) in [4.78, 5) is 10.8. The molecule has 0 aliphatic heterocycles. The van der Waals surface area contributed by atoms with Crippen LogP contribution < -0.4 is 15.2 Å². The first-order chi connectivity index (χ1) is 10.6. The number of hydrogen-bond acceptors (Lipinski definition) is 4. The molecule has 5 nitrogen and oxygen atoms in total. The van der Waals surface area contributed by atoms with Gasteiger partial charge in [0, 0.05) is 0 Å². The molecule has 5 heteroatoms. The number of ether oxygens (including phenoxy) is 2. The number of carboxylic acid groups (broad SMARTS) is 1. The van der Waals surface area contributed by atoms with Crippen LogP contribution in [0.1, 0.15) is 11.1 Å². The van der Waals surface area contributed by atoms with Gasteiger partial charge in [0.1, 0.15) is 12.6 Å². The summed E-state index contributed by atoms with van der Waals surface area (Å²) in [6, 6.07) is 14.1. The van der Waals surface area contributed by atoms with Gasteiger partial charge in [-0.25, -0.2) is 0 Å².